The number of hydrogen-bond acceptors (Lipinski definition) is 4. The predicted molar refractivity (Wildman–Crippen MR) is 67.7 cm³/mol. The van der Waals surface area contributed by atoms with Crippen LogP contribution >= 0.6 is 11.6 Å². The second-order valence-electron chi connectivity index (χ2n) is 3.58. The monoisotopic (exact) mass is 270 g/mol. The summed E-state index contributed by atoms with van der Waals surface area (Å²) in [5.41, 5.74) is 1.04. The normalized spacial score (nSPS) is 9.94. The summed E-state index contributed by atoms with van der Waals surface area (Å²) in [5.74, 6) is -0.768. The summed E-state index contributed by atoms with van der Waals surface area (Å²) in [5, 5.41) is 0.327. The molecule has 0 heterocycles. The molecular weight excluding hydrogens is 256 g/mol. The van der Waals surface area contributed by atoms with E-state index in [0.29, 0.717) is 23.6 Å². The molecule has 0 saturated heterocycles. The lowest BCUT2D eigenvalue weighted by molar-refractivity contribution is -0.143. The molecule has 0 bridgehead atoms. The molecule has 1 aromatic rings. The number of hydrogen-bond donors (Lipinski definition) is 0. The Morgan fingerprint density at radius 1 is 1.33 bits per heavy atom. The maximum absolute atomic E-state index is 11.4. The van der Waals surface area contributed by atoms with Gasteiger partial charge in [0.25, 0.3) is 0 Å². The molecule has 18 heavy (non-hydrogen) atoms. The van der Waals surface area contributed by atoms with Gasteiger partial charge in [-0.3, -0.25) is 4.79 Å². The van der Waals surface area contributed by atoms with Gasteiger partial charge >= 0.3 is 11.9 Å². The highest BCUT2D eigenvalue weighted by atomic mass is 35.5. The van der Waals surface area contributed by atoms with Crippen LogP contribution in [-0.4, -0.2) is 25.7 Å². The van der Waals surface area contributed by atoms with E-state index in [1.807, 2.05) is 0 Å². The number of ether oxygens (including phenoxy) is 2. The highest BCUT2D eigenvalue weighted by Crippen LogP contribution is 2.23. The minimum Gasteiger partial charge on any atom is -0.466 e. The van der Waals surface area contributed by atoms with Crippen LogP contribution < -0.4 is 0 Å². The van der Waals surface area contributed by atoms with E-state index < -0.39 is 5.97 Å². The summed E-state index contributed by atoms with van der Waals surface area (Å²) in [6.45, 7) is 2.11. The van der Waals surface area contributed by atoms with Crippen LogP contribution in [0, 0.1) is 0 Å². The van der Waals surface area contributed by atoms with Crippen LogP contribution in [0.1, 0.15) is 29.3 Å². The van der Waals surface area contributed by atoms with Gasteiger partial charge in [0.15, 0.2) is 0 Å². The minimum absolute atomic E-state index is 0.234. The SMILES string of the molecule is CCOC(=O)CCc1cccc(C(=O)OC)c1Cl. The fourth-order valence-electron chi connectivity index (χ4n) is 1.51. The molecule has 0 aliphatic heterocycles. The van der Waals surface area contributed by atoms with Crippen molar-refractivity contribution in [2.75, 3.05) is 13.7 Å². The van der Waals surface area contributed by atoms with Crippen LogP contribution in [0.2, 0.25) is 5.02 Å². The van der Waals surface area contributed by atoms with Crippen molar-refractivity contribution in [1.82, 2.24) is 0 Å². The first kappa shape index (κ1) is 14.5. The third kappa shape index (κ3) is 3.74. The van der Waals surface area contributed by atoms with Gasteiger partial charge in [0, 0.05) is 6.42 Å². The Balaban J connectivity index is 2.78. The molecule has 0 aromatic heterocycles. The van der Waals surface area contributed by atoms with Crippen molar-refractivity contribution < 1.29 is 19.1 Å². The van der Waals surface area contributed by atoms with Gasteiger partial charge < -0.3 is 9.47 Å². The van der Waals surface area contributed by atoms with Crippen molar-refractivity contribution in [2.24, 2.45) is 0 Å². The average molecular weight is 271 g/mol. The lowest BCUT2D eigenvalue weighted by Gasteiger charge is -2.08. The quantitative estimate of drug-likeness (QED) is 0.772. The maximum Gasteiger partial charge on any atom is 0.339 e. The standard InChI is InChI=1S/C13H15ClO4/c1-3-18-11(15)8-7-9-5-4-6-10(12(9)14)13(16)17-2/h4-6H,3,7-8H2,1-2H3. The Morgan fingerprint density at radius 3 is 2.67 bits per heavy atom. The molecule has 0 spiro atoms. The Labute approximate surface area is 111 Å². The van der Waals surface area contributed by atoms with E-state index >= 15 is 0 Å². The summed E-state index contributed by atoms with van der Waals surface area (Å²) in [6.07, 6.45) is 0.667. The van der Waals surface area contributed by atoms with Gasteiger partial charge in [0.05, 0.1) is 24.3 Å². The number of carbonyl (C=O) groups is 2. The summed E-state index contributed by atoms with van der Waals surface area (Å²) in [4.78, 5) is 22.7. The van der Waals surface area contributed by atoms with Gasteiger partial charge in [-0.05, 0) is 25.0 Å². The number of rotatable bonds is 5. The molecule has 0 amide bonds. The average Bonchev–Trinajstić information content (AvgIpc) is 2.37. The molecule has 1 rings (SSSR count). The number of halogens is 1. The van der Waals surface area contributed by atoms with E-state index in [1.54, 1.807) is 25.1 Å². The summed E-state index contributed by atoms with van der Waals surface area (Å²) >= 11 is 6.09. The van der Waals surface area contributed by atoms with Crippen LogP contribution in [0.4, 0.5) is 0 Å². The smallest absolute Gasteiger partial charge is 0.339 e. The van der Waals surface area contributed by atoms with Crippen molar-refractivity contribution in [1.29, 1.82) is 0 Å². The van der Waals surface area contributed by atoms with E-state index in [2.05, 4.69) is 4.74 Å². The summed E-state index contributed by atoms with van der Waals surface area (Å²) in [7, 11) is 1.30. The van der Waals surface area contributed by atoms with Crippen LogP contribution in [-0.2, 0) is 20.7 Å². The third-order valence-corrected chi connectivity index (χ3v) is 2.83. The van der Waals surface area contributed by atoms with E-state index in [0.717, 1.165) is 5.56 Å². The second kappa shape index (κ2) is 7.01. The topological polar surface area (TPSA) is 52.6 Å². The van der Waals surface area contributed by atoms with Crippen LogP contribution in [0.25, 0.3) is 0 Å². The molecule has 0 fully saturated rings. The summed E-state index contributed by atoms with van der Waals surface area (Å²) < 4.78 is 9.45. The first-order valence-corrected chi connectivity index (χ1v) is 5.99. The highest BCUT2D eigenvalue weighted by molar-refractivity contribution is 6.34. The minimum atomic E-state index is -0.488. The number of esters is 2. The molecule has 5 heteroatoms. The predicted octanol–water partition coefficient (Wildman–Crippen LogP) is 2.62. The third-order valence-electron chi connectivity index (χ3n) is 2.39. The van der Waals surface area contributed by atoms with Gasteiger partial charge in [-0.15, -0.1) is 0 Å². The van der Waals surface area contributed by atoms with Gasteiger partial charge in [-0.25, -0.2) is 4.79 Å². The lowest BCUT2D eigenvalue weighted by atomic mass is 10.1. The zero-order chi connectivity index (χ0) is 13.5. The van der Waals surface area contributed by atoms with Crippen molar-refractivity contribution in [3.8, 4) is 0 Å². The molecule has 98 valence electrons. The number of methoxy groups -OCH3 is 1. The maximum atomic E-state index is 11.4. The highest BCUT2D eigenvalue weighted by Gasteiger charge is 2.14. The number of aryl methyl sites for hydroxylation is 1. The van der Waals surface area contributed by atoms with Crippen LogP contribution in [0.5, 0.6) is 0 Å². The first-order valence-electron chi connectivity index (χ1n) is 5.61. The number of benzene rings is 1. The van der Waals surface area contributed by atoms with Gasteiger partial charge in [-0.2, -0.15) is 0 Å². The zero-order valence-corrected chi connectivity index (χ0v) is 11.1. The summed E-state index contributed by atoms with van der Waals surface area (Å²) in [6, 6.07) is 5.06. The van der Waals surface area contributed by atoms with E-state index in [4.69, 9.17) is 16.3 Å². The molecule has 0 N–H and O–H groups in total. The molecule has 0 unspecified atom stereocenters. The molecule has 0 radical (unpaired) electrons. The van der Waals surface area contributed by atoms with Crippen LogP contribution in [0.3, 0.4) is 0 Å². The Kier molecular flexibility index (Phi) is 5.65. The van der Waals surface area contributed by atoms with Gasteiger partial charge in [0.1, 0.15) is 0 Å². The van der Waals surface area contributed by atoms with Gasteiger partial charge in [0.2, 0.25) is 0 Å². The molecule has 0 aliphatic carbocycles. The largest absolute Gasteiger partial charge is 0.466 e. The van der Waals surface area contributed by atoms with Gasteiger partial charge in [-0.1, -0.05) is 23.7 Å². The van der Waals surface area contributed by atoms with Crippen molar-refractivity contribution in [3.63, 3.8) is 0 Å². The Bertz CT molecular complexity index is 443. The number of carbonyl (C=O) groups excluding carboxylic acids is 2. The molecule has 0 saturated carbocycles. The zero-order valence-electron chi connectivity index (χ0n) is 10.4. The first-order chi connectivity index (χ1) is 8.60. The second-order valence-corrected chi connectivity index (χ2v) is 3.95. The fraction of sp³-hybridized carbons (Fsp3) is 0.385. The Morgan fingerprint density at radius 2 is 2.06 bits per heavy atom. The van der Waals surface area contributed by atoms with Crippen molar-refractivity contribution in [2.45, 2.75) is 19.8 Å². The Hall–Kier alpha value is -1.55. The molecular formula is C13H15ClO4. The van der Waals surface area contributed by atoms with Crippen LogP contribution in [0.15, 0.2) is 18.2 Å². The van der Waals surface area contributed by atoms with Crippen molar-refractivity contribution in [3.05, 3.63) is 34.3 Å². The van der Waals surface area contributed by atoms with E-state index in [9.17, 15) is 9.59 Å². The van der Waals surface area contributed by atoms with Crippen molar-refractivity contribution >= 4 is 23.5 Å². The molecule has 1 aromatic carbocycles. The fourth-order valence-corrected chi connectivity index (χ4v) is 1.81. The molecule has 4 nitrogen and oxygen atoms in total. The lowest BCUT2D eigenvalue weighted by Crippen LogP contribution is -2.07. The molecule has 0 aliphatic rings. The molecule has 0 atom stereocenters. The van der Waals surface area contributed by atoms with E-state index in [-0.39, 0.29) is 12.4 Å². The van der Waals surface area contributed by atoms with E-state index in [1.165, 1.54) is 7.11 Å².